The van der Waals surface area contributed by atoms with E-state index >= 15 is 0 Å². The maximum atomic E-state index is 11.5. The number of sulfone groups is 1. The van der Waals surface area contributed by atoms with Gasteiger partial charge in [-0.3, -0.25) is 0 Å². The molecule has 0 saturated heterocycles. The number of nitrogens with two attached hydrogens (primary N) is 1. The summed E-state index contributed by atoms with van der Waals surface area (Å²) >= 11 is 0. The molecule has 1 aliphatic rings. The summed E-state index contributed by atoms with van der Waals surface area (Å²) in [5.41, 5.74) is 7.85. The van der Waals surface area contributed by atoms with Crippen molar-refractivity contribution >= 4 is 9.84 Å². The lowest BCUT2D eigenvalue weighted by Gasteiger charge is -2.14. The molecular weight excluding hydrogens is 226 g/mol. The minimum absolute atomic E-state index is 0.0421. The van der Waals surface area contributed by atoms with E-state index in [9.17, 15) is 8.42 Å². The predicted molar refractivity (Wildman–Crippen MR) is 62.1 cm³/mol. The number of fused-ring (bicyclic) bond motifs is 1. The van der Waals surface area contributed by atoms with Gasteiger partial charge in [-0.15, -0.1) is 0 Å². The van der Waals surface area contributed by atoms with Crippen molar-refractivity contribution in [3.8, 4) is 0 Å². The summed E-state index contributed by atoms with van der Waals surface area (Å²) in [7, 11) is -2.96. The van der Waals surface area contributed by atoms with Gasteiger partial charge in [0.2, 0.25) is 0 Å². The summed E-state index contributed by atoms with van der Waals surface area (Å²) in [4.78, 5) is 0. The Morgan fingerprint density at radius 1 is 1.50 bits per heavy atom. The second kappa shape index (κ2) is 3.89. The lowest BCUT2D eigenvalue weighted by atomic mass is 9.95. The molecule has 1 unspecified atom stereocenters. The van der Waals surface area contributed by atoms with Crippen molar-refractivity contribution in [3.05, 3.63) is 22.6 Å². The van der Waals surface area contributed by atoms with Gasteiger partial charge >= 0.3 is 0 Å². The Morgan fingerprint density at radius 3 is 2.81 bits per heavy atom. The van der Waals surface area contributed by atoms with Crippen molar-refractivity contribution in [1.82, 2.24) is 0 Å². The van der Waals surface area contributed by atoms with Crippen LogP contribution in [0.4, 0.5) is 0 Å². The maximum Gasteiger partial charge on any atom is 0.157 e. The molecule has 2 heterocycles. The van der Waals surface area contributed by atoms with Crippen LogP contribution in [-0.2, 0) is 22.0 Å². The standard InChI is InChI=1S/C11H17NO3S/c1-7(5-12)11-8(2)15-10-6-16(13,14)4-3-9(10)11/h7H,3-6,12H2,1-2H3. The highest BCUT2D eigenvalue weighted by molar-refractivity contribution is 7.90. The first-order chi connectivity index (χ1) is 7.44. The zero-order valence-corrected chi connectivity index (χ0v) is 10.4. The van der Waals surface area contributed by atoms with Crippen LogP contribution in [0.1, 0.15) is 35.5 Å². The maximum absolute atomic E-state index is 11.5. The predicted octanol–water partition coefficient (Wildman–Crippen LogP) is 1.12. The molecule has 0 aromatic carbocycles. The largest absolute Gasteiger partial charge is 0.465 e. The average Bonchev–Trinajstić information content (AvgIpc) is 2.50. The zero-order valence-electron chi connectivity index (χ0n) is 9.62. The van der Waals surface area contributed by atoms with Gasteiger partial charge in [-0.1, -0.05) is 6.92 Å². The van der Waals surface area contributed by atoms with E-state index in [2.05, 4.69) is 0 Å². The summed E-state index contributed by atoms with van der Waals surface area (Å²) in [5.74, 6) is 1.94. The first kappa shape index (κ1) is 11.7. The Labute approximate surface area is 95.7 Å². The molecule has 2 N–H and O–H groups in total. The smallest absolute Gasteiger partial charge is 0.157 e. The highest BCUT2D eigenvalue weighted by atomic mass is 32.2. The van der Waals surface area contributed by atoms with E-state index in [4.69, 9.17) is 10.2 Å². The van der Waals surface area contributed by atoms with Crippen LogP contribution in [0.5, 0.6) is 0 Å². The van der Waals surface area contributed by atoms with Gasteiger partial charge in [-0.25, -0.2) is 8.42 Å². The Balaban J connectivity index is 2.48. The molecule has 16 heavy (non-hydrogen) atoms. The van der Waals surface area contributed by atoms with Gasteiger partial charge in [0, 0.05) is 5.56 Å². The third-order valence-corrected chi connectivity index (χ3v) is 4.71. The van der Waals surface area contributed by atoms with Crippen molar-refractivity contribution in [2.45, 2.75) is 31.9 Å². The summed E-state index contributed by atoms with van der Waals surface area (Å²) in [6.07, 6.45) is 0.564. The minimum Gasteiger partial charge on any atom is -0.465 e. The average molecular weight is 243 g/mol. The minimum atomic E-state index is -2.96. The molecule has 1 aromatic rings. The van der Waals surface area contributed by atoms with Crippen LogP contribution >= 0.6 is 0 Å². The normalized spacial score (nSPS) is 20.4. The number of hydrogen-bond donors (Lipinski definition) is 1. The van der Waals surface area contributed by atoms with Crippen LogP contribution in [0.2, 0.25) is 0 Å². The fourth-order valence-electron chi connectivity index (χ4n) is 2.35. The molecule has 0 bridgehead atoms. The Bertz CT molecular complexity index is 502. The van der Waals surface area contributed by atoms with Crippen LogP contribution in [0.15, 0.2) is 4.42 Å². The van der Waals surface area contributed by atoms with Gasteiger partial charge in [0.25, 0.3) is 0 Å². The molecule has 1 aromatic heterocycles. The van der Waals surface area contributed by atoms with Gasteiger partial charge in [-0.05, 0) is 31.4 Å². The van der Waals surface area contributed by atoms with Crippen molar-refractivity contribution < 1.29 is 12.8 Å². The van der Waals surface area contributed by atoms with Crippen LogP contribution < -0.4 is 5.73 Å². The molecular formula is C11H17NO3S. The fourth-order valence-corrected chi connectivity index (χ4v) is 3.64. The third kappa shape index (κ3) is 1.89. The Hall–Kier alpha value is -0.810. The molecule has 1 atom stereocenters. The molecule has 2 rings (SSSR count). The number of aryl methyl sites for hydroxylation is 1. The quantitative estimate of drug-likeness (QED) is 0.844. The number of hydrogen-bond acceptors (Lipinski definition) is 4. The summed E-state index contributed by atoms with van der Waals surface area (Å²) < 4.78 is 28.5. The van der Waals surface area contributed by atoms with E-state index in [0.717, 1.165) is 16.9 Å². The molecule has 1 aliphatic heterocycles. The summed E-state index contributed by atoms with van der Waals surface area (Å²) in [6.45, 7) is 4.48. The first-order valence-electron chi connectivity index (χ1n) is 5.46. The second-order valence-corrected chi connectivity index (χ2v) is 6.64. The van der Waals surface area contributed by atoms with Gasteiger partial charge in [-0.2, -0.15) is 0 Å². The molecule has 0 saturated carbocycles. The fraction of sp³-hybridized carbons (Fsp3) is 0.636. The first-order valence-corrected chi connectivity index (χ1v) is 7.28. The van der Waals surface area contributed by atoms with Gasteiger partial charge < -0.3 is 10.2 Å². The zero-order chi connectivity index (χ0) is 11.9. The van der Waals surface area contributed by atoms with E-state index in [1.807, 2.05) is 13.8 Å². The highest BCUT2D eigenvalue weighted by Gasteiger charge is 2.29. The van der Waals surface area contributed by atoms with Crippen LogP contribution in [0.25, 0.3) is 0 Å². The molecule has 5 heteroatoms. The molecule has 0 spiro atoms. The lowest BCUT2D eigenvalue weighted by molar-refractivity contribution is 0.485. The lowest BCUT2D eigenvalue weighted by Crippen LogP contribution is -2.19. The molecule has 4 nitrogen and oxygen atoms in total. The number of furan rings is 1. The van der Waals surface area contributed by atoms with Crippen LogP contribution in [-0.4, -0.2) is 20.7 Å². The SMILES string of the molecule is Cc1oc2c(c1C(C)CN)CCS(=O)(=O)C2. The van der Waals surface area contributed by atoms with E-state index < -0.39 is 9.84 Å². The van der Waals surface area contributed by atoms with Gasteiger partial charge in [0.05, 0.1) is 5.75 Å². The van der Waals surface area contributed by atoms with Crippen molar-refractivity contribution in [3.63, 3.8) is 0 Å². The summed E-state index contributed by atoms with van der Waals surface area (Å²) in [6, 6.07) is 0. The van der Waals surface area contributed by atoms with Crippen molar-refractivity contribution in [2.24, 2.45) is 5.73 Å². The van der Waals surface area contributed by atoms with Crippen LogP contribution in [0, 0.1) is 6.92 Å². The van der Waals surface area contributed by atoms with E-state index in [1.54, 1.807) is 0 Å². The second-order valence-electron chi connectivity index (χ2n) is 4.45. The third-order valence-electron chi connectivity index (χ3n) is 3.18. The molecule has 0 amide bonds. The molecule has 0 aliphatic carbocycles. The van der Waals surface area contributed by atoms with Crippen molar-refractivity contribution in [1.29, 1.82) is 0 Å². The highest BCUT2D eigenvalue weighted by Crippen LogP contribution is 2.33. The molecule has 0 radical (unpaired) electrons. The Morgan fingerprint density at radius 2 is 2.19 bits per heavy atom. The van der Waals surface area contributed by atoms with Gasteiger partial charge in [0.15, 0.2) is 9.84 Å². The molecule has 0 fully saturated rings. The summed E-state index contributed by atoms with van der Waals surface area (Å²) in [5, 5.41) is 0. The van der Waals surface area contributed by atoms with Crippen molar-refractivity contribution in [2.75, 3.05) is 12.3 Å². The monoisotopic (exact) mass is 243 g/mol. The van der Waals surface area contributed by atoms with E-state index in [0.29, 0.717) is 18.7 Å². The molecule has 90 valence electrons. The van der Waals surface area contributed by atoms with Crippen LogP contribution in [0.3, 0.4) is 0 Å². The van der Waals surface area contributed by atoms with E-state index in [1.165, 1.54) is 0 Å². The Kier molecular flexibility index (Phi) is 2.84. The number of rotatable bonds is 2. The van der Waals surface area contributed by atoms with E-state index in [-0.39, 0.29) is 17.4 Å². The van der Waals surface area contributed by atoms with Gasteiger partial charge in [0.1, 0.15) is 17.3 Å². The topological polar surface area (TPSA) is 73.3 Å².